The second-order valence-corrected chi connectivity index (χ2v) is 24.0. The summed E-state index contributed by atoms with van der Waals surface area (Å²) in [7, 11) is 0. The van der Waals surface area contributed by atoms with Gasteiger partial charge in [0.05, 0.1) is 12.5 Å². The van der Waals surface area contributed by atoms with Gasteiger partial charge in [-0.3, -0.25) is 52.7 Å². The van der Waals surface area contributed by atoms with Gasteiger partial charge in [-0.1, -0.05) is 131 Å². The molecule has 0 spiro atoms. The van der Waals surface area contributed by atoms with Crippen molar-refractivity contribution in [1.29, 1.82) is 0 Å². The lowest BCUT2D eigenvalue weighted by Gasteiger charge is -2.31. The summed E-state index contributed by atoms with van der Waals surface area (Å²) >= 11 is 0. The maximum absolute atomic E-state index is 15.0. The van der Waals surface area contributed by atoms with E-state index in [1.165, 1.54) is 29.2 Å². The highest BCUT2D eigenvalue weighted by Gasteiger charge is 2.41. The van der Waals surface area contributed by atoms with Crippen molar-refractivity contribution in [3.8, 4) is 5.75 Å². The molecule has 10 atom stereocenters. The van der Waals surface area contributed by atoms with Crippen LogP contribution < -0.4 is 65.5 Å². The van der Waals surface area contributed by atoms with E-state index >= 15 is 4.79 Å². The van der Waals surface area contributed by atoms with Gasteiger partial charge in [-0.05, 0) is 91.3 Å². The molecular formula is C66H89N13O14. The van der Waals surface area contributed by atoms with E-state index in [2.05, 4.69) is 42.5 Å². The van der Waals surface area contributed by atoms with Gasteiger partial charge in [-0.15, -0.1) is 0 Å². The monoisotopic (exact) mass is 1290 g/mol. The van der Waals surface area contributed by atoms with E-state index in [1.54, 1.807) is 105 Å². The second kappa shape index (κ2) is 36.9. The number of nitrogens with zero attached hydrogens (tertiary/aromatic N) is 1. The highest BCUT2D eigenvalue weighted by Crippen LogP contribution is 2.22. The number of benzene rings is 4. The van der Waals surface area contributed by atoms with E-state index in [9.17, 15) is 63.0 Å². The quantitative estimate of drug-likeness (QED) is 0.0271. The third kappa shape index (κ3) is 24.4. The molecule has 27 heteroatoms. The van der Waals surface area contributed by atoms with Gasteiger partial charge in [0.1, 0.15) is 60.1 Å². The topological polar surface area (TPSA) is 449 Å². The lowest BCUT2D eigenvalue weighted by Crippen LogP contribution is -2.61. The minimum absolute atomic E-state index is 0.0177. The van der Waals surface area contributed by atoms with Gasteiger partial charge in [-0.2, -0.15) is 0 Å². The number of phenols is 1. The van der Waals surface area contributed by atoms with Crippen LogP contribution in [0, 0.1) is 11.8 Å². The van der Waals surface area contributed by atoms with Crippen molar-refractivity contribution in [2.24, 2.45) is 34.8 Å². The fourth-order valence-electron chi connectivity index (χ4n) is 10.6. The Morgan fingerprint density at radius 2 is 0.935 bits per heavy atom. The summed E-state index contributed by atoms with van der Waals surface area (Å²) in [5.41, 5.74) is 24.7. The highest BCUT2D eigenvalue weighted by atomic mass is 16.4. The van der Waals surface area contributed by atoms with Crippen LogP contribution in [0.3, 0.4) is 0 Å². The number of aliphatic carboxylic acids is 1. The molecule has 0 aromatic heterocycles. The molecule has 1 aliphatic heterocycles. The van der Waals surface area contributed by atoms with Crippen molar-refractivity contribution >= 4 is 70.9 Å². The number of aromatic hydroxyl groups is 1. The van der Waals surface area contributed by atoms with Crippen LogP contribution in [0.5, 0.6) is 5.75 Å². The number of primary amides is 2. The third-order valence-corrected chi connectivity index (χ3v) is 15.5. The molecule has 502 valence electrons. The first kappa shape index (κ1) is 74.0. The smallest absolute Gasteiger partial charge is 0.326 e. The van der Waals surface area contributed by atoms with Crippen LogP contribution in [0.15, 0.2) is 115 Å². The number of hydrogen-bond acceptors (Lipinski definition) is 15. The first-order valence-corrected chi connectivity index (χ1v) is 31.1. The molecule has 0 radical (unpaired) electrons. The maximum Gasteiger partial charge on any atom is 0.326 e. The number of nitrogens with two attached hydrogens (primary N) is 4. The van der Waals surface area contributed by atoms with Crippen LogP contribution in [-0.4, -0.2) is 160 Å². The number of carbonyl (C=O) groups is 12. The van der Waals surface area contributed by atoms with Gasteiger partial charge >= 0.3 is 5.97 Å². The van der Waals surface area contributed by atoms with Crippen LogP contribution in [0.4, 0.5) is 0 Å². The predicted molar refractivity (Wildman–Crippen MR) is 343 cm³/mol. The SMILES string of the molecule is CC(C)C[C@H](NC(=O)[C@H](CCCN)NC(=O)[C@@H](NC(=O)[C@H](Cc1ccc(O)cc1)NC(=O)[C@H](CCC(N)=O)NC(=O)[C@@H](N)CC(N)=O)C(C)C)C(=O)N[C@H](Cc1ccccc1)C(=O)N1CCC[C@H]1C(=O)N[C@@H](Cc1ccccc1)C(=O)N[C@H](Cc1ccccc1)C(=O)O. The van der Waals surface area contributed by atoms with Gasteiger partial charge in [0.2, 0.25) is 65.0 Å². The third-order valence-electron chi connectivity index (χ3n) is 15.5. The molecule has 0 aliphatic carbocycles. The first-order chi connectivity index (χ1) is 44.2. The van der Waals surface area contributed by atoms with Crippen molar-refractivity contribution in [3.05, 3.63) is 138 Å². The summed E-state index contributed by atoms with van der Waals surface area (Å²) in [5.74, 6) is -11.4. The van der Waals surface area contributed by atoms with E-state index in [1.807, 2.05) is 13.8 Å². The molecule has 93 heavy (non-hydrogen) atoms. The minimum Gasteiger partial charge on any atom is -0.508 e. The average molecular weight is 1290 g/mol. The average Bonchev–Trinajstić information content (AvgIpc) is 1.80. The molecule has 4 aromatic rings. The Balaban J connectivity index is 1.37. The second-order valence-electron chi connectivity index (χ2n) is 24.0. The van der Waals surface area contributed by atoms with Gasteiger partial charge in [0.15, 0.2) is 0 Å². The summed E-state index contributed by atoms with van der Waals surface area (Å²) in [5, 5.41) is 41.5. The molecule has 0 bridgehead atoms. The molecular weight excluding hydrogens is 1200 g/mol. The highest BCUT2D eigenvalue weighted by molar-refractivity contribution is 5.99. The van der Waals surface area contributed by atoms with E-state index in [0.717, 1.165) is 0 Å². The van der Waals surface area contributed by atoms with Crippen LogP contribution in [0.25, 0.3) is 0 Å². The van der Waals surface area contributed by atoms with E-state index in [0.29, 0.717) is 28.7 Å². The molecule has 1 saturated heterocycles. The first-order valence-electron chi connectivity index (χ1n) is 31.1. The molecule has 4 aromatic carbocycles. The van der Waals surface area contributed by atoms with Gasteiger partial charge in [0, 0.05) is 38.6 Å². The Bertz CT molecular complexity index is 3190. The molecule has 0 saturated carbocycles. The number of carboxylic acid groups (broad SMARTS) is 1. The zero-order chi connectivity index (χ0) is 68.3. The molecule has 27 nitrogen and oxygen atoms in total. The van der Waals surface area contributed by atoms with Gasteiger partial charge < -0.3 is 80.6 Å². The number of nitrogens with one attached hydrogen (secondary N) is 8. The molecule has 18 N–H and O–H groups in total. The van der Waals surface area contributed by atoms with Gasteiger partial charge in [-0.25, -0.2) is 4.79 Å². The zero-order valence-electron chi connectivity index (χ0n) is 52.8. The van der Waals surface area contributed by atoms with Crippen molar-refractivity contribution in [2.75, 3.05) is 13.1 Å². The number of phenolic OH excluding ortho intramolecular Hbond substituents is 1. The van der Waals surface area contributed by atoms with Crippen molar-refractivity contribution < 1.29 is 67.7 Å². The number of hydrogen-bond donors (Lipinski definition) is 14. The number of carbonyl (C=O) groups excluding carboxylic acids is 11. The summed E-state index contributed by atoms with van der Waals surface area (Å²) < 4.78 is 0. The standard InChI is InChI=1S/C66H89N13O14/c1-38(2)32-48(73-58(84)46(22-14-30-67)72-64(90)56(39(3)4)78-62(88)50(34-43-24-26-44(80)27-25-43)74-59(85)47(28-29-54(69)81)71-57(83)45(68)37-55(70)82)60(86)76-51(35-41-18-10-6-11-19-41)65(91)79-31-15-23-53(79)63(89)75-49(33-40-16-8-5-9-17-40)61(87)77-52(66(92)93)36-42-20-12-7-13-21-42/h5-13,16-21,24-27,38-39,45-53,56,80H,14-15,22-23,28-37,67-68H2,1-4H3,(H2,69,81)(H2,70,82)(H,71,83)(H,72,90)(H,73,84)(H,74,85)(H,75,89)(H,76,86)(H,77,87)(H,78,88)(H,92,93)/t45-,46-,47-,48-,49-,50-,51+,52+,53-,56-/m0/s1. The Kier molecular flexibility index (Phi) is 29.4. The lowest BCUT2D eigenvalue weighted by atomic mass is 9.99. The normalized spacial score (nSPS) is 15.7. The molecule has 5 rings (SSSR count). The lowest BCUT2D eigenvalue weighted by molar-refractivity contribution is -0.143. The van der Waals surface area contributed by atoms with Crippen LogP contribution in [0.2, 0.25) is 0 Å². The fraction of sp³-hybridized carbons (Fsp3) is 0.455. The molecule has 1 fully saturated rings. The number of rotatable bonds is 37. The Morgan fingerprint density at radius 1 is 0.505 bits per heavy atom. The van der Waals surface area contributed by atoms with E-state index in [-0.39, 0.29) is 82.5 Å². The summed E-state index contributed by atoms with van der Waals surface area (Å²) in [6.45, 7) is 7.02. The zero-order valence-corrected chi connectivity index (χ0v) is 52.8. The molecule has 1 heterocycles. The Morgan fingerprint density at radius 3 is 1.44 bits per heavy atom. The maximum atomic E-state index is 15.0. The number of amides is 11. The van der Waals surface area contributed by atoms with Crippen molar-refractivity contribution in [1.82, 2.24) is 47.4 Å². The summed E-state index contributed by atoms with van der Waals surface area (Å²) in [6, 6.07) is 18.4. The largest absolute Gasteiger partial charge is 0.508 e. The summed E-state index contributed by atoms with van der Waals surface area (Å²) in [6.07, 6.45) is -0.895. The fourth-order valence-corrected chi connectivity index (χ4v) is 10.6. The molecule has 0 unspecified atom stereocenters. The predicted octanol–water partition coefficient (Wildman–Crippen LogP) is -0.474. The van der Waals surface area contributed by atoms with Gasteiger partial charge in [0.25, 0.3) is 0 Å². The number of likely N-dealkylation sites (tertiary alicyclic amines) is 1. The minimum atomic E-state index is -1.51. The number of carboxylic acids is 1. The molecule has 11 amide bonds. The summed E-state index contributed by atoms with van der Waals surface area (Å²) in [4.78, 5) is 166. The Labute approximate surface area is 540 Å². The Hall–Kier alpha value is -9.76. The van der Waals surface area contributed by atoms with Crippen LogP contribution in [-0.2, 0) is 83.2 Å². The molecule has 1 aliphatic rings. The van der Waals surface area contributed by atoms with Crippen molar-refractivity contribution in [2.45, 2.75) is 165 Å². The van der Waals surface area contributed by atoms with Crippen molar-refractivity contribution in [3.63, 3.8) is 0 Å². The van der Waals surface area contributed by atoms with E-state index < -0.39 is 150 Å². The van der Waals surface area contributed by atoms with Crippen LogP contribution >= 0.6 is 0 Å². The van der Waals surface area contributed by atoms with Crippen LogP contribution in [0.1, 0.15) is 101 Å². The van der Waals surface area contributed by atoms with E-state index in [4.69, 9.17) is 22.9 Å².